The molecule has 0 radical (unpaired) electrons. The maximum absolute atomic E-state index is 11.5. The van der Waals surface area contributed by atoms with Crippen molar-refractivity contribution in [3.8, 4) is 0 Å². The van der Waals surface area contributed by atoms with Crippen molar-refractivity contribution in [2.24, 2.45) is 5.73 Å². The fourth-order valence-corrected chi connectivity index (χ4v) is 1.37. The van der Waals surface area contributed by atoms with Gasteiger partial charge in [-0.05, 0) is 18.1 Å². The number of para-hydroxylation sites is 1. The number of unbranched alkanes of at least 4 members (excludes halogenated alkanes) is 1. The molecule has 0 bridgehead atoms. The van der Waals surface area contributed by atoms with Crippen LogP contribution in [0, 0.1) is 0 Å². The second-order valence-electron chi connectivity index (χ2n) is 3.60. The van der Waals surface area contributed by atoms with E-state index in [9.17, 15) is 4.79 Å². The van der Waals surface area contributed by atoms with Crippen LogP contribution in [0.5, 0.6) is 0 Å². The van der Waals surface area contributed by atoms with Gasteiger partial charge in [-0.1, -0.05) is 31.5 Å². The number of carbonyl (C=O) groups is 1. The van der Waals surface area contributed by atoms with E-state index >= 15 is 0 Å². The van der Waals surface area contributed by atoms with Crippen molar-refractivity contribution in [3.05, 3.63) is 29.8 Å². The SMILES string of the molecule is CCCCNC(=O)Nc1ccccc1CN. The van der Waals surface area contributed by atoms with E-state index in [-0.39, 0.29) is 6.03 Å². The number of amides is 2. The average molecular weight is 221 g/mol. The second-order valence-corrected chi connectivity index (χ2v) is 3.60. The van der Waals surface area contributed by atoms with E-state index in [0.29, 0.717) is 13.1 Å². The summed E-state index contributed by atoms with van der Waals surface area (Å²) in [6.07, 6.45) is 2.06. The highest BCUT2D eigenvalue weighted by Gasteiger charge is 2.03. The molecule has 0 saturated carbocycles. The molecule has 2 amide bonds. The van der Waals surface area contributed by atoms with Crippen LogP contribution in [0.1, 0.15) is 25.3 Å². The number of benzene rings is 1. The summed E-state index contributed by atoms with van der Waals surface area (Å²) in [6, 6.07) is 7.36. The van der Waals surface area contributed by atoms with Crippen molar-refractivity contribution in [3.63, 3.8) is 0 Å². The minimum atomic E-state index is -0.172. The molecule has 1 aromatic rings. The molecule has 0 atom stereocenters. The Kier molecular flexibility index (Phi) is 5.36. The van der Waals surface area contributed by atoms with Gasteiger partial charge in [0.1, 0.15) is 0 Å². The highest BCUT2D eigenvalue weighted by atomic mass is 16.2. The largest absolute Gasteiger partial charge is 0.338 e. The number of rotatable bonds is 5. The van der Waals surface area contributed by atoms with Gasteiger partial charge in [-0.3, -0.25) is 0 Å². The molecule has 0 aromatic heterocycles. The molecule has 4 N–H and O–H groups in total. The molecule has 1 aromatic carbocycles. The van der Waals surface area contributed by atoms with E-state index < -0.39 is 0 Å². The maximum Gasteiger partial charge on any atom is 0.319 e. The summed E-state index contributed by atoms with van der Waals surface area (Å²) in [5.41, 5.74) is 7.29. The second kappa shape index (κ2) is 6.85. The first-order valence-electron chi connectivity index (χ1n) is 5.60. The number of hydrogen-bond donors (Lipinski definition) is 3. The van der Waals surface area contributed by atoms with Gasteiger partial charge in [0, 0.05) is 18.8 Å². The Labute approximate surface area is 96.2 Å². The van der Waals surface area contributed by atoms with E-state index in [4.69, 9.17) is 5.73 Å². The summed E-state index contributed by atoms with van der Waals surface area (Å²) < 4.78 is 0. The lowest BCUT2D eigenvalue weighted by atomic mass is 10.2. The number of nitrogens with two attached hydrogens (primary N) is 1. The molecule has 0 saturated heterocycles. The summed E-state index contributed by atoms with van der Waals surface area (Å²) in [6.45, 7) is 3.21. The van der Waals surface area contributed by atoms with Crippen molar-refractivity contribution >= 4 is 11.7 Å². The Bertz CT molecular complexity index is 339. The van der Waals surface area contributed by atoms with Crippen LogP contribution in [0.25, 0.3) is 0 Å². The number of hydrogen-bond acceptors (Lipinski definition) is 2. The van der Waals surface area contributed by atoms with Crippen LogP contribution >= 0.6 is 0 Å². The molecule has 1 rings (SSSR count). The van der Waals surface area contributed by atoms with Crippen molar-refractivity contribution < 1.29 is 4.79 Å². The average Bonchev–Trinajstić information content (AvgIpc) is 2.30. The van der Waals surface area contributed by atoms with Gasteiger partial charge in [0.25, 0.3) is 0 Å². The number of carbonyl (C=O) groups excluding carboxylic acids is 1. The summed E-state index contributed by atoms with van der Waals surface area (Å²) in [7, 11) is 0. The molecule has 0 unspecified atom stereocenters. The summed E-state index contributed by atoms with van der Waals surface area (Å²) in [5.74, 6) is 0. The Hall–Kier alpha value is -1.55. The van der Waals surface area contributed by atoms with Gasteiger partial charge in [-0.25, -0.2) is 4.79 Å². The lowest BCUT2D eigenvalue weighted by Crippen LogP contribution is -2.29. The van der Waals surface area contributed by atoms with E-state index in [1.807, 2.05) is 24.3 Å². The third-order valence-electron chi connectivity index (χ3n) is 2.30. The fraction of sp³-hybridized carbons (Fsp3) is 0.417. The van der Waals surface area contributed by atoms with Crippen LogP contribution in [-0.4, -0.2) is 12.6 Å². The van der Waals surface area contributed by atoms with Crippen LogP contribution in [0.2, 0.25) is 0 Å². The van der Waals surface area contributed by atoms with Crippen molar-refractivity contribution in [2.45, 2.75) is 26.3 Å². The van der Waals surface area contributed by atoms with E-state index in [1.54, 1.807) is 0 Å². The van der Waals surface area contributed by atoms with E-state index in [0.717, 1.165) is 24.1 Å². The topological polar surface area (TPSA) is 67.2 Å². The van der Waals surface area contributed by atoms with E-state index in [2.05, 4.69) is 17.6 Å². The van der Waals surface area contributed by atoms with Crippen LogP contribution in [-0.2, 0) is 6.54 Å². The number of anilines is 1. The zero-order valence-corrected chi connectivity index (χ0v) is 9.62. The molecule has 0 spiro atoms. The number of urea groups is 1. The first kappa shape index (κ1) is 12.5. The third kappa shape index (κ3) is 3.90. The molecular weight excluding hydrogens is 202 g/mol. The van der Waals surface area contributed by atoms with Gasteiger partial charge in [0.2, 0.25) is 0 Å². The van der Waals surface area contributed by atoms with Crippen molar-refractivity contribution in [1.29, 1.82) is 0 Å². The van der Waals surface area contributed by atoms with Gasteiger partial charge < -0.3 is 16.4 Å². The smallest absolute Gasteiger partial charge is 0.319 e. The minimum Gasteiger partial charge on any atom is -0.338 e. The fourth-order valence-electron chi connectivity index (χ4n) is 1.37. The monoisotopic (exact) mass is 221 g/mol. The Morgan fingerprint density at radius 3 is 2.81 bits per heavy atom. The van der Waals surface area contributed by atoms with Gasteiger partial charge >= 0.3 is 6.03 Å². The first-order chi connectivity index (χ1) is 7.77. The van der Waals surface area contributed by atoms with Crippen molar-refractivity contribution in [1.82, 2.24) is 5.32 Å². The highest BCUT2D eigenvalue weighted by molar-refractivity contribution is 5.90. The molecule has 0 heterocycles. The molecule has 0 aliphatic carbocycles. The quantitative estimate of drug-likeness (QED) is 0.666. The van der Waals surface area contributed by atoms with Crippen LogP contribution in [0.15, 0.2) is 24.3 Å². The Morgan fingerprint density at radius 2 is 2.12 bits per heavy atom. The molecule has 88 valence electrons. The molecular formula is C12H19N3O. The molecule has 0 aliphatic rings. The lowest BCUT2D eigenvalue weighted by Gasteiger charge is -2.10. The molecule has 16 heavy (non-hydrogen) atoms. The van der Waals surface area contributed by atoms with Gasteiger partial charge in [-0.15, -0.1) is 0 Å². The van der Waals surface area contributed by atoms with Gasteiger partial charge in [0.15, 0.2) is 0 Å². The molecule has 0 fully saturated rings. The third-order valence-corrected chi connectivity index (χ3v) is 2.30. The van der Waals surface area contributed by atoms with Crippen LogP contribution in [0.4, 0.5) is 10.5 Å². The zero-order chi connectivity index (χ0) is 11.8. The summed E-state index contributed by atoms with van der Waals surface area (Å²) in [4.78, 5) is 11.5. The minimum absolute atomic E-state index is 0.172. The summed E-state index contributed by atoms with van der Waals surface area (Å²) >= 11 is 0. The molecule has 4 nitrogen and oxygen atoms in total. The first-order valence-corrected chi connectivity index (χ1v) is 5.60. The Morgan fingerprint density at radius 1 is 1.38 bits per heavy atom. The van der Waals surface area contributed by atoms with Crippen molar-refractivity contribution in [2.75, 3.05) is 11.9 Å². The van der Waals surface area contributed by atoms with Gasteiger partial charge in [-0.2, -0.15) is 0 Å². The number of nitrogens with one attached hydrogen (secondary N) is 2. The van der Waals surface area contributed by atoms with Crippen LogP contribution < -0.4 is 16.4 Å². The summed E-state index contributed by atoms with van der Waals surface area (Å²) in [5, 5.41) is 5.58. The van der Waals surface area contributed by atoms with E-state index in [1.165, 1.54) is 0 Å². The zero-order valence-electron chi connectivity index (χ0n) is 9.62. The normalized spacial score (nSPS) is 9.88. The maximum atomic E-state index is 11.5. The molecule has 0 aliphatic heterocycles. The lowest BCUT2D eigenvalue weighted by molar-refractivity contribution is 0.252. The highest BCUT2D eigenvalue weighted by Crippen LogP contribution is 2.13. The van der Waals surface area contributed by atoms with Crippen LogP contribution in [0.3, 0.4) is 0 Å². The standard InChI is InChI=1S/C12H19N3O/c1-2-3-8-14-12(16)15-11-7-5-4-6-10(11)9-13/h4-7H,2-3,8-9,13H2,1H3,(H2,14,15,16). The Balaban J connectivity index is 2.49. The molecule has 4 heteroatoms. The predicted octanol–water partition coefficient (Wildman–Crippen LogP) is 2.07. The predicted molar refractivity (Wildman–Crippen MR) is 66.3 cm³/mol. The van der Waals surface area contributed by atoms with Gasteiger partial charge in [0.05, 0.1) is 0 Å².